The molecule has 1 fully saturated rings. The second-order valence-corrected chi connectivity index (χ2v) is 7.70. The highest BCUT2D eigenvalue weighted by Gasteiger charge is 2.34. The number of hydrogen-bond acceptors (Lipinski definition) is 5. The highest BCUT2D eigenvalue weighted by atomic mass is 32.2. The third kappa shape index (κ3) is 4.64. The fourth-order valence-electron chi connectivity index (χ4n) is 2.82. The summed E-state index contributed by atoms with van der Waals surface area (Å²) in [6.45, 7) is 6.18. The van der Waals surface area contributed by atoms with E-state index in [1.54, 1.807) is 4.90 Å². The number of nitrogens with zero attached hydrogens (tertiary/aromatic N) is 2. The Balaban J connectivity index is 1.92. The maximum atomic E-state index is 13.1. The van der Waals surface area contributed by atoms with Gasteiger partial charge in [-0.05, 0) is 74.0 Å². The topological polar surface area (TPSA) is 62.1 Å². The molecule has 0 aliphatic carbocycles. The molecule has 0 unspecified atom stereocenters. The van der Waals surface area contributed by atoms with E-state index >= 15 is 0 Å². The zero-order valence-electron chi connectivity index (χ0n) is 16.3. The summed E-state index contributed by atoms with van der Waals surface area (Å²) >= 11 is 1.39. The van der Waals surface area contributed by atoms with Gasteiger partial charge in [0.05, 0.1) is 17.2 Å². The van der Waals surface area contributed by atoms with Crippen LogP contribution in [-0.4, -0.2) is 35.4 Å². The summed E-state index contributed by atoms with van der Waals surface area (Å²) in [5, 5.41) is 9.60. The molecule has 0 bridgehead atoms. The molecule has 1 saturated heterocycles. The van der Waals surface area contributed by atoms with Crippen molar-refractivity contribution in [3.63, 3.8) is 0 Å². The summed E-state index contributed by atoms with van der Waals surface area (Å²) in [6.07, 6.45) is 1.88. The molecule has 0 aromatic heterocycles. The van der Waals surface area contributed by atoms with Gasteiger partial charge in [-0.15, -0.1) is 0 Å². The Hall–Kier alpha value is -2.57. The number of thioether (sulfide) groups is 1. The first-order chi connectivity index (χ1) is 13.5. The summed E-state index contributed by atoms with van der Waals surface area (Å²) in [4.78, 5) is 20.0. The highest BCUT2D eigenvalue weighted by Crippen LogP contribution is 2.36. The molecule has 0 atom stereocenters. The van der Waals surface area contributed by atoms with E-state index in [2.05, 4.69) is 4.99 Å². The first kappa shape index (κ1) is 20.2. The summed E-state index contributed by atoms with van der Waals surface area (Å²) in [6, 6.07) is 15.4. The van der Waals surface area contributed by atoms with Gasteiger partial charge in [0.25, 0.3) is 5.91 Å². The van der Waals surface area contributed by atoms with E-state index in [4.69, 9.17) is 9.84 Å². The number of ether oxygens (including phenoxy) is 1. The third-order valence-corrected chi connectivity index (χ3v) is 5.02. The molecular formula is C22H24N2O3S. The molecule has 6 heteroatoms. The largest absolute Gasteiger partial charge is 0.491 e. The summed E-state index contributed by atoms with van der Waals surface area (Å²) in [5.41, 5.74) is 2.68. The Morgan fingerprint density at radius 2 is 1.96 bits per heavy atom. The van der Waals surface area contributed by atoms with E-state index in [9.17, 15) is 4.79 Å². The van der Waals surface area contributed by atoms with Crippen molar-refractivity contribution >= 4 is 34.6 Å². The molecular weight excluding hydrogens is 372 g/mol. The second-order valence-electron chi connectivity index (χ2n) is 6.69. The smallest absolute Gasteiger partial charge is 0.271 e. The fraction of sp³-hybridized carbons (Fsp3) is 0.273. The minimum atomic E-state index is -0.0751. The van der Waals surface area contributed by atoms with Crippen molar-refractivity contribution in [3.8, 4) is 5.75 Å². The van der Waals surface area contributed by atoms with E-state index in [1.165, 1.54) is 11.8 Å². The van der Waals surface area contributed by atoms with Gasteiger partial charge in [-0.25, -0.2) is 0 Å². The third-order valence-electron chi connectivity index (χ3n) is 4.04. The molecule has 2 aromatic carbocycles. The number of aliphatic hydroxyl groups is 1. The predicted octanol–water partition coefficient (Wildman–Crippen LogP) is 4.25. The zero-order chi connectivity index (χ0) is 20.1. The molecule has 5 nitrogen and oxygen atoms in total. The van der Waals surface area contributed by atoms with Gasteiger partial charge in [-0.2, -0.15) is 0 Å². The van der Waals surface area contributed by atoms with E-state index in [1.807, 2.05) is 75.4 Å². The molecule has 0 radical (unpaired) electrons. The van der Waals surface area contributed by atoms with Crippen molar-refractivity contribution < 1.29 is 14.6 Å². The molecule has 1 aliphatic rings. The lowest BCUT2D eigenvalue weighted by molar-refractivity contribution is -0.113. The van der Waals surface area contributed by atoms with Gasteiger partial charge in [0, 0.05) is 6.04 Å². The first-order valence-corrected chi connectivity index (χ1v) is 10.0. The Morgan fingerprint density at radius 1 is 1.21 bits per heavy atom. The maximum absolute atomic E-state index is 13.1. The van der Waals surface area contributed by atoms with Crippen LogP contribution in [0.3, 0.4) is 0 Å². The lowest BCUT2D eigenvalue weighted by Gasteiger charge is -2.16. The molecule has 1 amide bonds. The standard InChI is InChI=1S/C22H24N2O3S/c1-15(2)23-22-24(18-7-5-4-6-8-18)21(26)20(28-22)14-17-9-10-19(16(3)13-17)27-12-11-25/h4-10,13-15,25H,11-12H2,1-3H3/b20-14-,23-22?. The average molecular weight is 397 g/mol. The van der Waals surface area contributed by atoms with Gasteiger partial charge in [0.15, 0.2) is 5.17 Å². The number of carbonyl (C=O) groups excluding carboxylic acids is 1. The van der Waals surface area contributed by atoms with E-state index in [-0.39, 0.29) is 25.2 Å². The molecule has 1 aliphatic heterocycles. The molecule has 28 heavy (non-hydrogen) atoms. The number of benzene rings is 2. The van der Waals surface area contributed by atoms with E-state index in [0.29, 0.717) is 10.1 Å². The second kappa shape index (κ2) is 9.08. The van der Waals surface area contributed by atoms with Gasteiger partial charge >= 0.3 is 0 Å². The lowest BCUT2D eigenvalue weighted by atomic mass is 10.1. The quantitative estimate of drug-likeness (QED) is 0.742. The van der Waals surface area contributed by atoms with E-state index < -0.39 is 0 Å². The Bertz CT molecular complexity index is 907. The highest BCUT2D eigenvalue weighted by molar-refractivity contribution is 8.19. The average Bonchev–Trinajstić information content (AvgIpc) is 2.96. The summed E-state index contributed by atoms with van der Waals surface area (Å²) in [5.74, 6) is 0.656. The molecule has 146 valence electrons. The Labute approximate surface area is 169 Å². The molecule has 0 saturated carbocycles. The van der Waals surface area contributed by atoms with Crippen molar-refractivity contribution in [1.82, 2.24) is 0 Å². The van der Waals surface area contributed by atoms with Crippen LogP contribution in [0.15, 0.2) is 58.4 Å². The van der Waals surface area contributed by atoms with Crippen LogP contribution in [0, 0.1) is 6.92 Å². The lowest BCUT2D eigenvalue weighted by Crippen LogP contribution is -2.29. The first-order valence-electron chi connectivity index (χ1n) is 9.20. The summed E-state index contributed by atoms with van der Waals surface area (Å²) < 4.78 is 5.50. The van der Waals surface area contributed by atoms with Crippen LogP contribution < -0.4 is 9.64 Å². The van der Waals surface area contributed by atoms with Gasteiger partial charge in [0.1, 0.15) is 12.4 Å². The van der Waals surface area contributed by atoms with Gasteiger partial charge < -0.3 is 9.84 Å². The van der Waals surface area contributed by atoms with Crippen molar-refractivity contribution in [2.45, 2.75) is 26.8 Å². The molecule has 0 spiro atoms. The minimum absolute atomic E-state index is 0.0241. The van der Waals surface area contributed by atoms with E-state index in [0.717, 1.165) is 22.6 Å². The van der Waals surface area contributed by atoms with Crippen LogP contribution in [0.5, 0.6) is 5.75 Å². The Kier molecular flexibility index (Phi) is 6.54. The van der Waals surface area contributed by atoms with Crippen molar-refractivity contribution in [1.29, 1.82) is 0 Å². The number of aliphatic hydroxyl groups excluding tert-OH is 1. The molecule has 2 aromatic rings. The number of carbonyl (C=O) groups is 1. The van der Waals surface area contributed by atoms with Crippen LogP contribution in [0.2, 0.25) is 0 Å². The Morgan fingerprint density at radius 3 is 2.61 bits per heavy atom. The van der Waals surface area contributed by atoms with Gasteiger partial charge in [-0.1, -0.05) is 24.3 Å². The molecule has 3 rings (SSSR count). The monoisotopic (exact) mass is 396 g/mol. The summed E-state index contributed by atoms with van der Waals surface area (Å²) in [7, 11) is 0. The maximum Gasteiger partial charge on any atom is 0.271 e. The number of hydrogen-bond donors (Lipinski definition) is 1. The normalized spacial score (nSPS) is 17.2. The number of rotatable bonds is 6. The predicted molar refractivity (Wildman–Crippen MR) is 116 cm³/mol. The minimum Gasteiger partial charge on any atom is -0.491 e. The molecule has 1 N–H and O–H groups in total. The number of amides is 1. The van der Waals surface area contributed by atoms with Crippen molar-refractivity contribution in [2.24, 2.45) is 4.99 Å². The van der Waals surface area contributed by atoms with Gasteiger partial charge in [-0.3, -0.25) is 14.7 Å². The SMILES string of the molecule is Cc1cc(/C=C2\SC(=NC(C)C)N(c3ccccc3)C2=O)ccc1OCCO. The van der Waals surface area contributed by atoms with Crippen molar-refractivity contribution in [2.75, 3.05) is 18.1 Å². The fourth-order valence-corrected chi connectivity index (χ4v) is 3.93. The zero-order valence-corrected chi connectivity index (χ0v) is 17.1. The number of amidine groups is 1. The number of anilines is 1. The van der Waals surface area contributed by atoms with Crippen LogP contribution in [0.1, 0.15) is 25.0 Å². The van der Waals surface area contributed by atoms with Crippen LogP contribution >= 0.6 is 11.8 Å². The van der Waals surface area contributed by atoms with Crippen LogP contribution in [-0.2, 0) is 4.79 Å². The molecule has 1 heterocycles. The van der Waals surface area contributed by atoms with Gasteiger partial charge in [0.2, 0.25) is 0 Å². The number of aryl methyl sites for hydroxylation is 1. The van der Waals surface area contributed by atoms with Crippen LogP contribution in [0.4, 0.5) is 5.69 Å². The number of aliphatic imine (C=N–C) groups is 1. The van der Waals surface area contributed by atoms with Crippen molar-refractivity contribution in [3.05, 3.63) is 64.6 Å². The number of para-hydroxylation sites is 1. The van der Waals surface area contributed by atoms with Crippen LogP contribution in [0.25, 0.3) is 6.08 Å².